The highest BCUT2D eigenvalue weighted by molar-refractivity contribution is 7.90. The molecule has 0 aromatic heterocycles. The van der Waals surface area contributed by atoms with Crippen molar-refractivity contribution in [3.63, 3.8) is 0 Å². The highest BCUT2D eigenvalue weighted by atomic mass is 32.2. The Morgan fingerprint density at radius 3 is 2.70 bits per heavy atom. The van der Waals surface area contributed by atoms with E-state index < -0.39 is 10.2 Å². The average molecular weight is 339 g/mol. The second-order valence-electron chi connectivity index (χ2n) is 6.25. The predicted octanol–water partition coefficient (Wildman–Crippen LogP) is 2.28. The minimum absolute atomic E-state index is 0.0739. The maximum atomic E-state index is 12.2. The maximum absolute atomic E-state index is 12.2. The van der Waals surface area contributed by atoms with Crippen molar-refractivity contribution in [2.24, 2.45) is 5.92 Å². The molecule has 128 valence electrons. The van der Waals surface area contributed by atoms with Crippen molar-refractivity contribution in [3.8, 4) is 0 Å². The van der Waals surface area contributed by atoms with Crippen LogP contribution in [-0.2, 0) is 21.4 Å². The molecule has 2 rings (SSSR count). The smallest absolute Gasteiger partial charge is 0.299 e. The fraction of sp³-hybridized carbons (Fsp3) is 0.562. The Kier molecular flexibility index (Phi) is 5.64. The first-order valence-corrected chi connectivity index (χ1v) is 9.51. The second-order valence-corrected chi connectivity index (χ2v) is 7.75. The van der Waals surface area contributed by atoms with E-state index in [4.69, 9.17) is 0 Å². The first-order chi connectivity index (χ1) is 10.8. The predicted molar refractivity (Wildman–Crippen MR) is 92.8 cm³/mol. The third-order valence-electron chi connectivity index (χ3n) is 3.74. The van der Waals surface area contributed by atoms with Crippen LogP contribution in [0.2, 0.25) is 0 Å². The van der Waals surface area contributed by atoms with Crippen LogP contribution in [0.15, 0.2) is 18.2 Å². The van der Waals surface area contributed by atoms with Gasteiger partial charge in [-0.25, -0.2) is 0 Å². The molecular formula is C16H25N3O3S. The van der Waals surface area contributed by atoms with Gasteiger partial charge in [0.1, 0.15) is 0 Å². The maximum Gasteiger partial charge on any atom is 0.299 e. The summed E-state index contributed by atoms with van der Waals surface area (Å²) in [4.78, 5) is 14.0. The van der Waals surface area contributed by atoms with E-state index in [9.17, 15) is 13.2 Å². The van der Waals surface area contributed by atoms with Crippen molar-refractivity contribution in [2.75, 3.05) is 22.7 Å². The number of rotatable bonds is 8. The molecule has 0 aliphatic carbocycles. The van der Waals surface area contributed by atoms with Crippen molar-refractivity contribution in [1.29, 1.82) is 0 Å². The van der Waals surface area contributed by atoms with Gasteiger partial charge in [-0.05, 0) is 42.5 Å². The van der Waals surface area contributed by atoms with Gasteiger partial charge in [-0.3, -0.25) is 9.52 Å². The number of anilines is 2. The zero-order valence-electron chi connectivity index (χ0n) is 13.9. The van der Waals surface area contributed by atoms with Gasteiger partial charge in [-0.1, -0.05) is 20.8 Å². The first kappa shape index (κ1) is 17.7. The summed E-state index contributed by atoms with van der Waals surface area (Å²) in [5.74, 6) is 0.604. The van der Waals surface area contributed by atoms with Gasteiger partial charge in [0.25, 0.3) is 10.2 Å². The Balaban J connectivity index is 2.12. The molecule has 2 N–H and O–H groups in total. The van der Waals surface area contributed by atoms with Gasteiger partial charge >= 0.3 is 0 Å². The van der Waals surface area contributed by atoms with Crippen molar-refractivity contribution >= 4 is 27.5 Å². The topological polar surface area (TPSA) is 78.5 Å². The molecular weight excluding hydrogens is 314 g/mol. The minimum atomic E-state index is -3.56. The van der Waals surface area contributed by atoms with E-state index in [0.717, 1.165) is 24.1 Å². The van der Waals surface area contributed by atoms with Gasteiger partial charge < -0.3 is 4.90 Å². The van der Waals surface area contributed by atoms with Crippen LogP contribution in [0, 0.1) is 5.92 Å². The van der Waals surface area contributed by atoms with Gasteiger partial charge in [-0.2, -0.15) is 13.1 Å². The molecule has 6 nitrogen and oxygen atoms in total. The van der Waals surface area contributed by atoms with Crippen LogP contribution in [0.3, 0.4) is 0 Å². The summed E-state index contributed by atoms with van der Waals surface area (Å²) in [6, 6.07) is 5.26. The Morgan fingerprint density at radius 1 is 1.30 bits per heavy atom. The van der Waals surface area contributed by atoms with Gasteiger partial charge in [0.15, 0.2) is 0 Å². The van der Waals surface area contributed by atoms with Crippen LogP contribution >= 0.6 is 0 Å². The molecule has 7 heteroatoms. The summed E-state index contributed by atoms with van der Waals surface area (Å²) < 4.78 is 28.7. The summed E-state index contributed by atoms with van der Waals surface area (Å²) >= 11 is 0. The number of benzene rings is 1. The largest absolute Gasteiger partial charge is 0.312 e. The van der Waals surface area contributed by atoms with E-state index in [0.29, 0.717) is 31.1 Å². The van der Waals surface area contributed by atoms with E-state index in [1.807, 2.05) is 13.0 Å². The summed E-state index contributed by atoms with van der Waals surface area (Å²) in [5, 5.41) is 0. The van der Waals surface area contributed by atoms with E-state index in [1.54, 1.807) is 17.0 Å². The number of nitrogens with zero attached hydrogens (tertiary/aromatic N) is 1. The van der Waals surface area contributed by atoms with Crippen molar-refractivity contribution in [1.82, 2.24) is 4.72 Å². The molecule has 1 amide bonds. The molecule has 1 aromatic rings. The number of carbonyl (C=O) groups excluding carboxylic acids is 1. The Bertz CT molecular complexity index is 671. The number of carbonyl (C=O) groups is 1. The van der Waals surface area contributed by atoms with E-state index in [1.165, 1.54) is 0 Å². The molecule has 1 aromatic carbocycles. The van der Waals surface area contributed by atoms with Crippen LogP contribution in [0.5, 0.6) is 0 Å². The van der Waals surface area contributed by atoms with Crippen LogP contribution in [-0.4, -0.2) is 27.4 Å². The number of hydrogen-bond donors (Lipinski definition) is 2. The van der Waals surface area contributed by atoms with Gasteiger partial charge in [0.05, 0.1) is 12.1 Å². The molecule has 0 bridgehead atoms. The number of hydrogen-bond acceptors (Lipinski definition) is 3. The van der Waals surface area contributed by atoms with Gasteiger partial charge in [0.2, 0.25) is 5.91 Å². The highest BCUT2D eigenvalue weighted by Gasteiger charge is 2.27. The lowest BCUT2D eigenvalue weighted by molar-refractivity contribution is -0.117. The molecule has 23 heavy (non-hydrogen) atoms. The fourth-order valence-corrected chi connectivity index (χ4v) is 3.49. The molecule has 1 aliphatic rings. The molecule has 1 heterocycles. The zero-order valence-corrected chi connectivity index (χ0v) is 14.7. The number of nitrogens with one attached hydrogen (secondary N) is 2. The summed E-state index contributed by atoms with van der Waals surface area (Å²) in [5.41, 5.74) is 2.24. The quantitative estimate of drug-likeness (QED) is 0.763. The number of amides is 1. The van der Waals surface area contributed by atoms with Crippen LogP contribution in [0.25, 0.3) is 0 Å². The average Bonchev–Trinajstić information content (AvgIpc) is 2.77. The zero-order chi connectivity index (χ0) is 17.0. The van der Waals surface area contributed by atoms with E-state index in [-0.39, 0.29) is 5.91 Å². The van der Waals surface area contributed by atoms with Gasteiger partial charge in [-0.15, -0.1) is 0 Å². The fourth-order valence-electron chi connectivity index (χ4n) is 2.51. The molecule has 0 fully saturated rings. The monoisotopic (exact) mass is 339 g/mol. The third-order valence-corrected chi connectivity index (χ3v) is 4.83. The lowest BCUT2D eigenvalue weighted by Gasteiger charge is -2.19. The first-order valence-electron chi connectivity index (χ1n) is 8.03. The van der Waals surface area contributed by atoms with Crippen molar-refractivity contribution in [3.05, 3.63) is 23.8 Å². The van der Waals surface area contributed by atoms with Gasteiger partial charge in [0, 0.05) is 18.8 Å². The molecule has 1 aliphatic heterocycles. The van der Waals surface area contributed by atoms with Crippen LogP contribution in [0.1, 0.15) is 39.2 Å². The SMILES string of the molecule is CCCNS(=O)(=O)Nc1ccc2c(c1)CC(=O)N2CCC(C)C. The van der Waals surface area contributed by atoms with E-state index >= 15 is 0 Å². The highest BCUT2D eigenvalue weighted by Crippen LogP contribution is 2.31. The summed E-state index contributed by atoms with van der Waals surface area (Å²) in [7, 11) is -3.56. The third kappa shape index (κ3) is 4.68. The molecule has 0 saturated carbocycles. The second kappa shape index (κ2) is 7.31. The number of fused-ring (bicyclic) bond motifs is 1. The molecule has 0 saturated heterocycles. The summed E-state index contributed by atoms with van der Waals surface area (Å²) in [6.45, 7) is 7.24. The van der Waals surface area contributed by atoms with Crippen LogP contribution in [0.4, 0.5) is 11.4 Å². The lowest BCUT2D eigenvalue weighted by atomic mass is 10.1. The lowest BCUT2D eigenvalue weighted by Crippen LogP contribution is -2.30. The Hall–Kier alpha value is -1.60. The molecule has 0 radical (unpaired) electrons. The minimum Gasteiger partial charge on any atom is -0.312 e. The molecule has 0 unspecified atom stereocenters. The Labute approximate surface area is 138 Å². The van der Waals surface area contributed by atoms with E-state index in [2.05, 4.69) is 23.3 Å². The molecule has 0 atom stereocenters. The van der Waals surface area contributed by atoms with Crippen molar-refractivity contribution in [2.45, 2.75) is 40.0 Å². The normalized spacial score (nSPS) is 14.4. The standard InChI is InChI=1S/C16H25N3O3S/c1-4-8-17-23(21,22)18-14-5-6-15-13(10-14)11-16(20)19(15)9-7-12(2)3/h5-6,10,12,17-18H,4,7-9,11H2,1-3H3. The Morgan fingerprint density at radius 2 is 2.04 bits per heavy atom. The van der Waals surface area contributed by atoms with Crippen LogP contribution < -0.4 is 14.3 Å². The van der Waals surface area contributed by atoms with Crippen molar-refractivity contribution < 1.29 is 13.2 Å². The summed E-state index contributed by atoms with van der Waals surface area (Å²) in [6.07, 6.45) is 2.00. The molecule has 0 spiro atoms.